The number of nitrogens with one attached hydrogen (secondary N) is 2. The van der Waals surface area contributed by atoms with E-state index in [2.05, 4.69) is 20.6 Å². The number of benzene rings is 1. The fourth-order valence-electron chi connectivity index (χ4n) is 1.70. The highest BCUT2D eigenvalue weighted by Gasteiger charge is 2.11. The van der Waals surface area contributed by atoms with E-state index >= 15 is 0 Å². The van der Waals surface area contributed by atoms with E-state index in [0.29, 0.717) is 12.2 Å². The molecular formula is C14H15N5O2. The number of amides is 2. The van der Waals surface area contributed by atoms with Crippen molar-refractivity contribution in [1.82, 2.24) is 15.3 Å². The number of nitrogens with zero attached hydrogens (tertiary/aromatic N) is 2. The Morgan fingerprint density at radius 2 is 1.81 bits per heavy atom. The molecule has 0 saturated carbocycles. The largest absolute Gasteiger partial charge is 0.382 e. The summed E-state index contributed by atoms with van der Waals surface area (Å²) in [6.45, 7) is 1.77. The van der Waals surface area contributed by atoms with Crippen LogP contribution < -0.4 is 16.4 Å². The predicted molar refractivity (Wildman–Crippen MR) is 78.4 cm³/mol. The summed E-state index contributed by atoms with van der Waals surface area (Å²) in [4.78, 5) is 30.5. The van der Waals surface area contributed by atoms with Gasteiger partial charge in [-0.15, -0.1) is 0 Å². The third-order valence-electron chi connectivity index (χ3n) is 2.67. The van der Waals surface area contributed by atoms with Gasteiger partial charge in [-0.05, 0) is 17.7 Å². The molecule has 2 aromatic rings. The van der Waals surface area contributed by atoms with Gasteiger partial charge in [-0.25, -0.2) is 9.97 Å². The molecule has 21 heavy (non-hydrogen) atoms. The first-order chi connectivity index (χ1) is 10.1. The maximum Gasteiger partial charge on any atom is 0.273 e. The summed E-state index contributed by atoms with van der Waals surface area (Å²) >= 11 is 0. The Kier molecular flexibility index (Phi) is 4.45. The molecule has 0 aliphatic heterocycles. The van der Waals surface area contributed by atoms with Gasteiger partial charge >= 0.3 is 0 Å². The standard InChI is InChI=1S/C14H15N5O2/c1-9(20)19-11-4-2-10(3-5-11)8-18-14(21)12-13(15)17-7-6-16-12/h2-7H,8H2,1H3,(H2,15,17)(H,18,21)(H,19,20). The van der Waals surface area contributed by atoms with E-state index in [1.165, 1.54) is 19.3 Å². The van der Waals surface area contributed by atoms with Gasteiger partial charge in [0.25, 0.3) is 5.91 Å². The molecule has 7 heteroatoms. The number of anilines is 2. The molecule has 0 aliphatic rings. The minimum absolute atomic E-state index is 0.0935. The molecule has 2 amide bonds. The van der Waals surface area contributed by atoms with Crippen LogP contribution >= 0.6 is 0 Å². The fourth-order valence-corrected chi connectivity index (χ4v) is 1.70. The molecule has 1 heterocycles. The van der Waals surface area contributed by atoms with E-state index in [1.807, 2.05) is 12.1 Å². The van der Waals surface area contributed by atoms with Crippen molar-refractivity contribution in [3.05, 3.63) is 47.9 Å². The van der Waals surface area contributed by atoms with E-state index < -0.39 is 0 Å². The van der Waals surface area contributed by atoms with Gasteiger partial charge in [0.15, 0.2) is 11.5 Å². The van der Waals surface area contributed by atoms with Gasteiger partial charge in [0.1, 0.15) is 0 Å². The summed E-state index contributed by atoms with van der Waals surface area (Å²) in [5, 5.41) is 5.38. The van der Waals surface area contributed by atoms with Crippen LogP contribution in [-0.2, 0) is 11.3 Å². The van der Waals surface area contributed by atoms with E-state index in [4.69, 9.17) is 5.73 Å². The lowest BCUT2D eigenvalue weighted by Crippen LogP contribution is -2.25. The second-order valence-corrected chi connectivity index (χ2v) is 4.35. The molecule has 0 bridgehead atoms. The molecule has 2 rings (SSSR count). The van der Waals surface area contributed by atoms with E-state index in [1.54, 1.807) is 12.1 Å². The molecule has 0 fully saturated rings. The lowest BCUT2D eigenvalue weighted by molar-refractivity contribution is -0.114. The summed E-state index contributed by atoms with van der Waals surface area (Å²) in [7, 11) is 0. The molecule has 7 nitrogen and oxygen atoms in total. The van der Waals surface area contributed by atoms with Crippen molar-refractivity contribution in [1.29, 1.82) is 0 Å². The van der Waals surface area contributed by atoms with Crippen molar-refractivity contribution in [2.24, 2.45) is 0 Å². The molecule has 0 aliphatic carbocycles. The third-order valence-corrected chi connectivity index (χ3v) is 2.67. The Morgan fingerprint density at radius 1 is 1.14 bits per heavy atom. The number of aromatic nitrogens is 2. The summed E-state index contributed by atoms with van der Waals surface area (Å²) in [6, 6.07) is 7.15. The second-order valence-electron chi connectivity index (χ2n) is 4.35. The number of carbonyl (C=O) groups excluding carboxylic acids is 2. The zero-order chi connectivity index (χ0) is 15.2. The first-order valence-electron chi connectivity index (χ1n) is 6.27. The molecule has 0 saturated heterocycles. The van der Waals surface area contributed by atoms with Crippen molar-refractivity contribution >= 4 is 23.3 Å². The average molecular weight is 285 g/mol. The van der Waals surface area contributed by atoms with Crippen LogP contribution in [0.25, 0.3) is 0 Å². The smallest absolute Gasteiger partial charge is 0.273 e. The molecule has 108 valence electrons. The van der Waals surface area contributed by atoms with Crippen LogP contribution in [0.1, 0.15) is 23.0 Å². The fraction of sp³-hybridized carbons (Fsp3) is 0.143. The van der Waals surface area contributed by atoms with Crippen molar-refractivity contribution in [3.63, 3.8) is 0 Å². The normalized spacial score (nSPS) is 9.95. The van der Waals surface area contributed by atoms with Gasteiger partial charge in [-0.1, -0.05) is 12.1 Å². The van der Waals surface area contributed by atoms with Crippen LogP contribution in [-0.4, -0.2) is 21.8 Å². The molecule has 0 radical (unpaired) electrons. The molecule has 1 aromatic heterocycles. The number of rotatable bonds is 4. The molecule has 0 spiro atoms. The van der Waals surface area contributed by atoms with Crippen LogP contribution in [0.4, 0.5) is 11.5 Å². The topological polar surface area (TPSA) is 110 Å². The van der Waals surface area contributed by atoms with Crippen LogP contribution in [0, 0.1) is 0 Å². The van der Waals surface area contributed by atoms with Crippen LogP contribution in [0.3, 0.4) is 0 Å². The number of carbonyl (C=O) groups is 2. The number of hydrogen-bond acceptors (Lipinski definition) is 5. The zero-order valence-electron chi connectivity index (χ0n) is 11.5. The van der Waals surface area contributed by atoms with Crippen LogP contribution in [0.2, 0.25) is 0 Å². The highest BCUT2D eigenvalue weighted by atomic mass is 16.2. The van der Waals surface area contributed by atoms with E-state index in [9.17, 15) is 9.59 Å². The van der Waals surface area contributed by atoms with Gasteiger partial charge in [0.2, 0.25) is 5.91 Å². The molecule has 1 aromatic carbocycles. The lowest BCUT2D eigenvalue weighted by atomic mass is 10.2. The Balaban J connectivity index is 1.95. The lowest BCUT2D eigenvalue weighted by Gasteiger charge is -2.07. The number of nitrogens with two attached hydrogens (primary N) is 1. The first-order valence-corrected chi connectivity index (χ1v) is 6.27. The minimum atomic E-state index is -0.383. The second kappa shape index (κ2) is 6.47. The molecular weight excluding hydrogens is 270 g/mol. The van der Waals surface area contributed by atoms with Gasteiger partial charge < -0.3 is 16.4 Å². The summed E-state index contributed by atoms with van der Waals surface area (Å²) in [5.74, 6) is -0.420. The summed E-state index contributed by atoms with van der Waals surface area (Å²) in [5.41, 5.74) is 7.28. The molecule has 0 unspecified atom stereocenters. The molecule has 4 N–H and O–H groups in total. The van der Waals surface area contributed by atoms with E-state index in [0.717, 1.165) is 5.56 Å². The van der Waals surface area contributed by atoms with Gasteiger partial charge in [0, 0.05) is 31.5 Å². The van der Waals surface area contributed by atoms with Crippen molar-refractivity contribution < 1.29 is 9.59 Å². The Hall–Kier alpha value is -2.96. The minimum Gasteiger partial charge on any atom is -0.382 e. The number of hydrogen-bond donors (Lipinski definition) is 3. The predicted octanol–water partition coefficient (Wildman–Crippen LogP) is 0.947. The SMILES string of the molecule is CC(=O)Nc1ccc(CNC(=O)c2nccnc2N)cc1. The van der Waals surface area contributed by atoms with Crippen LogP contribution in [0.15, 0.2) is 36.7 Å². The maximum absolute atomic E-state index is 11.9. The highest BCUT2D eigenvalue weighted by molar-refractivity contribution is 5.96. The maximum atomic E-state index is 11.9. The van der Waals surface area contributed by atoms with Gasteiger partial charge in [-0.3, -0.25) is 9.59 Å². The highest BCUT2D eigenvalue weighted by Crippen LogP contribution is 2.10. The average Bonchev–Trinajstić information content (AvgIpc) is 2.46. The third kappa shape index (κ3) is 4.00. The first kappa shape index (κ1) is 14.4. The van der Waals surface area contributed by atoms with Crippen molar-refractivity contribution in [3.8, 4) is 0 Å². The Labute approximate surface area is 121 Å². The van der Waals surface area contributed by atoms with Gasteiger partial charge in [0.05, 0.1) is 0 Å². The van der Waals surface area contributed by atoms with Crippen molar-refractivity contribution in [2.45, 2.75) is 13.5 Å². The Morgan fingerprint density at radius 3 is 2.43 bits per heavy atom. The molecule has 0 atom stereocenters. The van der Waals surface area contributed by atoms with Crippen LogP contribution in [0.5, 0.6) is 0 Å². The summed E-state index contributed by atoms with van der Waals surface area (Å²) < 4.78 is 0. The quantitative estimate of drug-likeness (QED) is 0.774. The Bertz CT molecular complexity index is 655. The monoisotopic (exact) mass is 285 g/mol. The van der Waals surface area contributed by atoms with Crippen molar-refractivity contribution in [2.75, 3.05) is 11.1 Å². The van der Waals surface area contributed by atoms with E-state index in [-0.39, 0.29) is 23.3 Å². The van der Waals surface area contributed by atoms with Gasteiger partial charge in [-0.2, -0.15) is 0 Å². The number of nitrogen functional groups attached to an aromatic ring is 1. The summed E-state index contributed by atoms with van der Waals surface area (Å²) in [6.07, 6.45) is 2.83. The zero-order valence-corrected chi connectivity index (χ0v) is 11.5.